The highest BCUT2D eigenvalue weighted by Crippen LogP contribution is 2.38. The van der Waals surface area contributed by atoms with Gasteiger partial charge < -0.3 is 4.90 Å². The molecular weight excluding hydrogens is 254 g/mol. The number of nitrogens with zero attached hydrogens (tertiary/aromatic N) is 1. The molecule has 1 fully saturated rings. The number of likely N-dealkylation sites (tertiary alicyclic amines) is 1. The fourth-order valence-corrected chi connectivity index (χ4v) is 3.79. The van der Waals surface area contributed by atoms with E-state index in [2.05, 4.69) is 6.92 Å². The summed E-state index contributed by atoms with van der Waals surface area (Å²) in [5.41, 5.74) is 1.11. The molecule has 4 heteroatoms. The highest BCUT2D eigenvalue weighted by atomic mass is 35.5. The molecule has 1 aliphatic heterocycles. The lowest BCUT2D eigenvalue weighted by atomic mass is 10.2. The first-order chi connectivity index (χ1) is 8.09. The van der Waals surface area contributed by atoms with Crippen molar-refractivity contribution in [2.24, 2.45) is 0 Å². The Morgan fingerprint density at radius 3 is 2.76 bits per heavy atom. The van der Waals surface area contributed by atoms with Gasteiger partial charge in [0.1, 0.15) is 0 Å². The van der Waals surface area contributed by atoms with Crippen molar-refractivity contribution in [3.8, 4) is 0 Å². The monoisotopic (exact) mass is 269 g/mol. The first-order valence-corrected chi connectivity index (χ1v) is 7.06. The minimum Gasteiger partial charge on any atom is -0.345 e. The van der Waals surface area contributed by atoms with E-state index >= 15 is 0 Å². The number of halogens is 1. The van der Waals surface area contributed by atoms with Gasteiger partial charge in [0.2, 0.25) is 5.91 Å². The molecule has 2 rings (SSSR count). The summed E-state index contributed by atoms with van der Waals surface area (Å²) in [4.78, 5) is 13.6. The summed E-state index contributed by atoms with van der Waals surface area (Å²) in [5, 5.41) is 1.13. The Morgan fingerprint density at radius 1 is 1.47 bits per heavy atom. The summed E-state index contributed by atoms with van der Waals surface area (Å²) < 4.78 is 0. The van der Waals surface area contributed by atoms with Crippen molar-refractivity contribution in [2.45, 2.75) is 23.8 Å². The fraction of sp³-hybridized carbons (Fsp3) is 0.462. The molecule has 1 aliphatic rings. The summed E-state index contributed by atoms with van der Waals surface area (Å²) in [6.07, 6.45) is 0.939. The fourth-order valence-electron chi connectivity index (χ4n) is 2.04. The lowest BCUT2D eigenvalue weighted by molar-refractivity contribution is -0.126. The number of hydrogen-bond acceptors (Lipinski definition) is 2. The van der Waals surface area contributed by atoms with Crippen LogP contribution in [0.1, 0.15) is 24.2 Å². The third kappa shape index (κ3) is 2.78. The molecule has 0 radical (unpaired) electrons. The van der Waals surface area contributed by atoms with Gasteiger partial charge in [-0.05, 0) is 25.0 Å². The number of hydrogen-bond donors (Lipinski definition) is 0. The van der Waals surface area contributed by atoms with E-state index in [4.69, 9.17) is 11.6 Å². The summed E-state index contributed by atoms with van der Waals surface area (Å²) in [7, 11) is 1.86. The summed E-state index contributed by atoms with van der Waals surface area (Å²) in [6, 6.07) is 7.85. The Bertz CT molecular complexity index is 424. The van der Waals surface area contributed by atoms with Crippen LogP contribution in [0.5, 0.6) is 0 Å². The summed E-state index contributed by atoms with van der Waals surface area (Å²) in [6.45, 7) is 2.98. The molecule has 0 bridgehead atoms. The second-order valence-electron chi connectivity index (χ2n) is 4.34. The number of carbonyl (C=O) groups excluding carboxylic acids is 1. The predicted molar refractivity (Wildman–Crippen MR) is 73.5 cm³/mol. The Kier molecular flexibility index (Phi) is 4.00. The van der Waals surface area contributed by atoms with Crippen LogP contribution >= 0.6 is 23.4 Å². The molecule has 17 heavy (non-hydrogen) atoms. The maximum atomic E-state index is 11.8. The Balaban J connectivity index is 2.05. The van der Waals surface area contributed by atoms with E-state index in [0.717, 1.165) is 23.6 Å². The van der Waals surface area contributed by atoms with Crippen molar-refractivity contribution < 1.29 is 4.79 Å². The van der Waals surface area contributed by atoms with Crippen LogP contribution in [0.4, 0.5) is 0 Å². The van der Waals surface area contributed by atoms with E-state index in [-0.39, 0.29) is 16.4 Å². The Labute approximate surface area is 111 Å². The van der Waals surface area contributed by atoms with E-state index in [1.807, 2.05) is 31.3 Å². The topological polar surface area (TPSA) is 20.3 Å². The highest BCUT2D eigenvalue weighted by molar-refractivity contribution is 8.00. The number of thioether (sulfide) groups is 1. The molecule has 0 spiro atoms. The zero-order valence-electron chi connectivity index (χ0n) is 10.0. The lowest BCUT2D eigenvalue weighted by Gasteiger charge is -2.17. The van der Waals surface area contributed by atoms with Crippen LogP contribution in [-0.4, -0.2) is 29.6 Å². The van der Waals surface area contributed by atoms with E-state index in [0.29, 0.717) is 0 Å². The molecule has 1 saturated heterocycles. The van der Waals surface area contributed by atoms with Crippen molar-refractivity contribution >= 4 is 29.3 Å². The second-order valence-corrected chi connectivity index (χ2v) is 6.29. The average molecular weight is 270 g/mol. The van der Waals surface area contributed by atoms with Crippen LogP contribution in [0.15, 0.2) is 24.3 Å². The molecule has 1 aromatic rings. The van der Waals surface area contributed by atoms with Gasteiger partial charge in [-0.3, -0.25) is 4.79 Å². The molecule has 2 nitrogen and oxygen atoms in total. The van der Waals surface area contributed by atoms with E-state index in [1.54, 1.807) is 16.7 Å². The molecule has 2 atom stereocenters. The third-order valence-electron chi connectivity index (χ3n) is 3.09. The second kappa shape index (κ2) is 5.32. The molecule has 1 heterocycles. The van der Waals surface area contributed by atoms with E-state index in [9.17, 15) is 4.79 Å². The van der Waals surface area contributed by atoms with Crippen LogP contribution in [0.25, 0.3) is 0 Å². The van der Waals surface area contributed by atoms with E-state index < -0.39 is 0 Å². The standard InChI is InChI=1S/C13H16ClNOS/c1-9(10-5-3-4-6-11(10)14)17-12-7-8-15(2)13(12)16/h3-6,9,12H,7-8H2,1-2H3. The van der Waals surface area contributed by atoms with Crippen molar-refractivity contribution in [3.05, 3.63) is 34.9 Å². The van der Waals surface area contributed by atoms with Gasteiger partial charge in [0, 0.05) is 23.9 Å². The highest BCUT2D eigenvalue weighted by Gasteiger charge is 2.31. The molecule has 0 aliphatic carbocycles. The number of benzene rings is 1. The number of carbonyl (C=O) groups is 1. The van der Waals surface area contributed by atoms with Crippen molar-refractivity contribution in [1.82, 2.24) is 4.90 Å². The lowest BCUT2D eigenvalue weighted by Crippen LogP contribution is -2.24. The normalized spacial score (nSPS) is 21.9. The number of rotatable bonds is 3. The minimum absolute atomic E-state index is 0.0891. The maximum Gasteiger partial charge on any atom is 0.235 e. The van der Waals surface area contributed by atoms with Gasteiger partial charge in [-0.25, -0.2) is 0 Å². The van der Waals surface area contributed by atoms with Gasteiger partial charge >= 0.3 is 0 Å². The van der Waals surface area contributed by atoms with Crippen LogP contribution in [0.2, 0.25) is 5.02 Å². The smallest absolute Gasteiger partial charge is 0.235 e. The van der Waals surface area contributed by atoms with Crippen molar-refractivity contribution in [1.29, 1.82) is 0 Å². The van der Waals surface area contributed by atoms with Gasteiger partial charge in [0.15, 0.2) is 0 Å². The third-order valence-corrected chi connectivity index (χ3v) is 4.86. The summed E-state index contributed by atoms with van der Waals surface area (Å²) in [5.74, 6) is 0.244. The van der Waals surface area contributed by atoms with Gasteiger partial charge in [0.25, 0.3) is 0 Å². The van der Waals surface area contributed by atoms with Crippen LogP contribution in [-0.2, 0) is 4.79 Å². The molecule has 92 valence electrons. The first kappa shape index (κ1) is 12.8. The van der Waals surface area contributed by atoms with Gasteiger partial charge in [-0.2, -0.15) is 0 Å². The minimum atomic E-state index is 0.0891. The quantitative estimate of drug-likeness (QED) is 0.839. The first-order valence-electron chi connectivity index (χ1n) is 5.74. The molecule has 1 amide bonds. The number of amides is 1. The molecule has 0 saturated carbocycles. The average Bonchev–Trinajstić information content (AvgIpc) is 2.61. The van der Waals surface area contributed by atoms with Crippen LogP contribution in [0.3, 0.4) is 0 Å². The molecule has 0 N–H and O–H groups in total. The molecular formula is C13H16ClNOS. The van der Waals surface area contributed by atoms with Gasteiger partial charge in [-0.1, -0.05) is 29.8 Å². The molecule has 0 aromatic heterocycles. The van der Waals surface area contributed by atoms with E-state index in [1.165, 1.54) is 0 Å². The zero-order valence-corrected chi connectivity index (χ0v) is 11.6. The van der Waals surface area contributed by atoms with Crippen molar-refractivity contribution in [3.63, 3.8) is 0 Å². The predicted octanol–water partition coefficient (Wildman–Crippen LogP) is 3.36. The molecule has 2 unspecified atom stereocenters. The maximum absolute atomic E-state index is 11.8. The zero-order chi connectivity index (χ0) is 12.4. The Hall–Kier alpha value is -0.670. The van der Waals surface area contributed by atoms with Gasteiger partial charge in [-0.15, -0.1) is 11.8 Å². The Morgan fingerprint density at radius 2 is 2.18 bits per heavy atom. The molecule has 1 aromatic carbocycles. The largest absolute Gasteiger partial charge is 0.345 e. The van der Waals surface area contributed by atoms with Crippen LogP contribution in [0, 0.1) is 0 Å². The summed E-state index contributed by atoms with van der Waals surface area (Å²) >= 11 is 7.87. The SMILES string of the molecule is CC(SC1CCN(C)C1=O)c1ccccc1Cl. The van der Waals surface area contributed by atoms with Gasteiger partial charge in [0.05, 0.1) is 5.25 Å². The van der Waals surface area contributed by atoms with Crippen LogP contribution < -0.4 is 0 Å². The van der Waals surface area contributed by atoms with Crippen molar-refractivity contribution in [2.75, 3.05) is 13.6 Å².